The molecule has 5 heteroatoms. The molecule has 3 aromatic rings. The van der Waals surface area contributed by atoms with Crippen molar-refractivity contribution in [2.75, 3.05) is 5.43 Å². The zero-order valence-electron chi connectivity index (χ0n) is 14.7. The lowest BCUT2D eigenvalue weighted by molar-refractivity contribution is 0.467. The molecule has 0 radical (unpaired) electrons. The van der Waals surface area contributed by atoms with E-state index >= 15 is 0 Å². The van der Waals surface area contributed by atoms with Crippen LogP contribution in [0.5, 0.6) is 5.75 Å². The molecule has 0 unspecified atom stereocenters. The van der Waals surface area contributed by atoms with Gasteiger partial charge in [-0.25, -0.2) is 4.79 Å². The van der Waals surface area contributed by atoms with Gasteiger partial charge in [-0.15, -0.1) is 0 Å². The van der Waals surface area contributed by atoms with Crippen LogP contribution >= 0.6 is 0 Å². The highest BCUT2D eigenvalue weighted by Gasteiger charge is 2.15. The highest BCUT2D eigenvalue weighted by molar-refractivity contribution is 6.05. The second-order valence-corrected chi connectivity index (χ2v) is 6.15. The molecule has 0 fully saturated rings. The van der Waals surface area contributed by atoms with E-state index in [4.69, 9.17) is 4.42 Å². The Morgan fingerprint density at radius 1 is 1.12 bits per heavy atom. The monoisotopic (exact) mass is 336 g/mol. The SMILES string of the molecule is C/C(=N/Nc1ccccc1C)c1cc2c(C)cc(=O)oc2c(C)c1O. The number of hydrogen-bond donors (Lipinski definition) is 2. The Hall–Kier alpha value is -3.08. The molecule has 0 aliphatic heterocycles. The molecule has 1 aromatic heterocycles. The number of fused-ring (bicyclic) bond motifs is 1. The van der Waals surface area contributed by atoms with Crippen LogP contribution in [0.2, 0.25) is 0 Å². The highest BCUT2D eigenvalue weighted by Crippen LogP contribution is 2.32. The summed E-state index contributed by atoms with van der Waals surface area (Å²) >= 11 is 0. The Labute approximate surface area is 145 Å². The average molecular weight is 336 g/mol. The fraction of sp³-hybridized carbons (Fsp3) is 0.200. The maximum Gasteiger partial charge on any atom is 0.336 e. The number of benzene rings is 2. The molecule has 128 valence electrons. The van der Waals surface area contributed by atoms with Crippen LogP contribution < -0.4 is 11.1 Å². The number of phenols is 1. The Morgan fingerprint density at radius 3 is 2.56 bits per heavy atom. The number of para-hydroxylation sites is 1. The molecule has 0 amide bonds. The van der Waals surface area contributed by atoms with Gasteiger partial charge in [0.1, 0.15) is 11.3 Å². The van der Waals surface area contributed by atoms with Crippen molar-refractivity contribution in [3.63, 3.8) is 0 Å². The zero-order valence-corrected chi connectivity index (χ0v) is 14.7. The summed E-state index contributed by atoms with van der Waals surface area (Å²) in [4.78, 5) is 11.6. The van der Waals surface area contributed by atoms with Crippen LogP contribution in [-0.4, -0.2) is 10.8 Å². The third-order valence-electron chi connectivity index (χ3n) is 4.32. The fourth-order valence-electron chi connectivity index (χ4n) is 2.78. The van der Waals surface area contributed by atoms with Gasteiger partial charge in [0.05, 0.1) is 11.4 Å². The molecule has 3 rings (SSSR count). The third-order valence-corrected chi connectivity index (χ3v) is 4.32. The van der Waals surface area contributed by atoms with Crippen molar-refractivity contribution in [1.29, 1.82) is 0 Å². The van der Waals surface area contributed by atoms with E-state index in [1.807, 2.05) is 45.0 Å². The van der Waals surface area contributed by atoms with Crippen molar-refractivity contribution in [2.24, 2.45) is 5.10 Å². The molecule has 0 saturated carbocycles. The van der Waals surface area contributed by atoms with Gasteiger partial charge in [0, 0.05) is 22.6 Å². The Kier molecular flexibility index (Phi) is 4.31. The van der Waals surface area contributed by atoms with Gasteiger partial charge in [0.15, 0.2) is 0 Å². The second-order valence-electron chi connectivity index (χ2n) is 6.15. The van der Waals surface area contributed by atoms with E-state index in [0.29, 0.717) is 22.4 Å². The van der Waals surface area contributed by atoms with Crippen molar-refractivity contribution in [3.05, 3.63) is 69.1 Å². The van der Waals surface area contributed by atoms with Crippen molar-refractivity contribution >= 4 is 22.4 Å². The smallest absolute Gasteiger partial charge is 0.336 e. The van der Waals surface area contributed by atoms with Gasteiger partial charge < -0.3 is 9.52 Å². The topological polar surface area (TPSA) is 74.8 Å². The number of hydrogen-bond acceptors (Lipinski definition) is 5. The minimum Gasteiger partial charge on any atom is -0.507 e. The van der Waals surface area contributed by atoms with E-state index in [9.17, 15) is 9.90 Å². The molecular formula is C20H20N2O3. The molecule has 2 N–H and O–H groups in total. The van der Waals surface area contributed by atoms with Crippen LogP contribution in [0, 0.1) is 20.8 Å². The van der Waals surface area contributed by atoms with Gasteiger partial charge >= 0.3 is 5.63 Å². The minimum absolute atomic E-state index is 0.0640. The molecule has 0 bridgehead atoms. The van der Waals surface area contributed by atoms with Crippen LogP contribution in [0.1, 0.15) is 29.2 Å². The highest BCUT2D eigenvalue weighted by atomic mass is 16.4. The lowest BCUT2D eigenvalue weighted by atomic mass is 10.00. The molecule has 25 heavy (non-hydrogen) atoms. The summed E-state index contributed by atoms with van der Waals surface area (Å²) in [6, 6.07) is 11.1. The standard InChI is InChI=1S/C20H20N2O3/c1-11-7-5-6-8-17(11)22-21-14(4)16-10-15-12(2)9-18(23)25-20(15)13(3)19(16)24/h5-10,22,24H,1-4H3/b21-14-. The third kappa shape index (κ3) is 3.13. The largest absolute Gasteiger partial charge is 0.507 e. The number of nitrogens with zero attached hydrogens (tertiary/aromatic N) is 1. The Morgan fingerprint density at radius 2 is 1.84 bits per heavy atom. The van der Waals surface area contributed by atoms with Crippen molar-refractivity contribution in [1.82, 2.24) is 0 Å². The first kappa shape index (κ1) is 16.8. The maximum atomic E-state index is 11.6. The van der Waals surface area contributed by atoms with E-state index in [-0.39, 0.29) is 5.75 Å². The summed E-state index contributed by atoms with van der Waals surface area (Å²) in [5.74, 6) is 0.0640. The van der Waals surface area contributed by atoms with Gasteiger partial charge in [0.2, 0.25) is 0 Å². The Balaban J connectivity index is 2.09. The van der Waals surface area contributed by atoms with Crippen LogP contribution in [0.3, 0.4) is 0 Å². The Bertz CT molecular complexity index is 1050. The summed E-state index contributed by atoms with van der Waals surface area (Å²) in [6.45, 7) is 7.39. The first-order valence-corrected chi connectivity index (χ1v) is 8.02. The summed E-state index contributed by atoms with van der Waals surface area (Å²) in [6.07, 6.45) is 0. The minimum atomic E-state index is -0.424. The van der Waals surface area contributed by atoms with Crippen LogP contribution in [0.15, 0.2) is 50.7 Å². The lowest BCUT2D eigenvalue weighted by Gasteiger charge is -2.12. The van der Waals surface area contributed by atoms with Gasteiger partial charge in [-0.2, -0.15) is 5.10 Å². The molecule has 0 spiro atoms. The summed E-state index contributed by atoms with van der Waals surface area (Å²) in [5, 5.41) is 15.7. The van der Waals surface area contributed by atoms with Crippen molar-refractivity contribution in [3.8, 4) is 5.75 Å². The summed E-state index contributed by atoms with van der Waals surface area (Å²) < 4.78 is 5.26. The predicted molar refractivity (Wildman–Crippen MR) is 101 cm³/mol. The fourth-order valence-corrected chi connectivity index (χ4v) is 2.78. The van der Waals surface area contributed by atoms with E-state index in [2.05, 4.69) is 10.5 Å². The summed E-state index contributed by atoms with van der Waals surface area (Å²) in [7, 11) is 0. The molecule has 1 heterocycles. The normalized spacial score (nSPS) is 11.8. The number of hydrazone groups is 1. The maximum absolute atomic E-state index is 11.6. The molecule has 0 atom stereocenters. The van der Waals surface area contributed by atoms with Crippen LogP contribution in [0.25, 0.3) is 11.0 Å². The first-order valence-electron chi connectivity index (χ1n) is 8.02. The van der Waals surface area contributed by atoms with Crippen LogP contribution in [-0.2, 0) is 0 Å². The number of aryl methyl sites for hydroxylation is 3. The second kappa shape index (κ2) is 6.43. The number of aromatic hydroxyl groups is 1. The van der Waals surface area contributed by atoms with Crippen LogP contribution in [0.4, 0.5) is 5.69 Å². The summed E-state index contributed by atoms with van der Waals surface area (Å²) in [5.41, 5.74) is 7.56. The molecule has 0 aliphatic rings. The van der Waals surface area contributed by atoms with Gasteiger partial charge in [-0.3, -0.25) is 5.43 Å². The number of rotatable bonds is 3. The molecule has 5 nitrogen and oxygen atoms in total. The quantitative estimate of drug-likeness (QED) is 0.426. The van der Waals surface area contributed by atoms with E-state index in [1.165, 1.54) is 6.07 Å². The van der Waals surface area contributed by atoms with E-state index < -0.39 is 5.63 Å². The first-order chi connectivity index (χ1) is 11.9. The van der Waals surface area contributed by atoms with Crippen molar-refractivity contribution in [2.45, 2.75) is 27.7 Å². The van der Waals surface area contributed by atoms with Gasteiger partial charge in [0.25, 0.3) is 0 Å². The lowest BCUT2D eigenvalue weighted by Crippen LogP contribution is -2.04. The molecule has 0 aliphatic carbocycles. The van der Waals surface area contributed by atoms with Crippen molar-refractivity contribution < 1.29 is 9.52 Å². The van der Waals surface area contributed by atoms with E-state index in [1.54, 1.807) is 13.0 Å². The van der Waals surface area contributed by atoms with Gasteiger partial charge in [-0.05, 0) is 51.0 Å². The molecule has 0 saturated heterocycles. The predicted octanol–water partition coefficient (Wildman–Crippen LogP) is 4.26. The molecule has 2 aromatic carbocycles. The van der Waals surface area contributed by atoms with Gasteiger partial charge in [-0.1, -0.05) is 18.2 Å². The van der Waals surface area contributed by atoms with E-state index in [0.717, 1.165) is 22.2 Å². The zero-order chi connectivity index (χ0) is 18.1. The number of nitrogens with one attached hydrogen (secondary N) is 1. The average Bonchev–Trinajstić information content (AvgIpc) is 2.57. The number of anilines is 1. The molecular weight excluding hydrogens is 316 g/mol. The number of phenolic OH excluding ortho intramolecular Hbond substituents is 1.